The maximum Gasteiger partial charge on any atom is 0.314 e. The number of benzene rings is 1. The molecule has 1 aliphatic rings. The van der Waals surface area contributed by atoms with E-state index in [9.17, 15) is 9.59 Å². The number of likely N-dealkylation sites (tertiary alicyclic amines) is 1. The predicted octanol–water partition coefficient (Wildman–Crippen LogP) is 4.52. The van der Waals surface area contributed by atoms with Gasteiger partial charge in [-0.3, -0.25) is 14.2 Å². The first kappa shape index (κ1) is 28.1. The van der Waals surface area contributed by atoms with Gasteiger partial charge in [0, 0.05) is 26.3 Å². The Labute approximate surface area is 230 Å². The van der Waals surface area contributed by atoms with Crippen LogP contribution >= 0.6 is 0 Å². The van der Waals surface area contributed by atoms with Gasteiger partial charge in [0.2, 0.25) is 5.91 Å². The van der Waals surface area contributed by atoms with E-state index >= 15 is 0 Å². The summed E-state index contributed by atoms with van der Waals surface area (Å²) in [7, 11) is 1.98. The number of hydrogen-bond donors (Lipinski definition) is 0. The lowest BCUT2D eigenvalue weighted by Gasteiger charge is -2.42. The molecule has 3 aromatic rings. The van der Waals surface area contributed by atoms with Gasteiger partial charge in [-0.2, -0.15) is 5.26 Å². The fraction of sp³-hybridized carbons (Fsp3) is 0.500. The summed E-state index contributed by atoms with van der Waals surface area (Å²) < 4.78 is 7.49. The van der Waals surface area contributed by atoms with E-state index in [2.05, 4.69) is 47.8 Å². The fourth-order valence-electron chi connectivity index (χ4n) is 5.30. The number of carbonyl (C=O) groups excluding carboxylic acids is 2. The summed E-state index contributed by atoms with van der Waals surface area (Å²) in [5.74, 6) is 0.873. The zero-order chi connectivity index (χ0) is 28.1. The van der Waals surface area contributed by atoms with E-state index in [1.54, 1.807) is 9.47 Å². The molecule has 0 spiro atoms. The van der Waals surface area contributed by atoms with E-state index in [1.165, 1.54) is 11.9 Å². The first-order valence-corrected chi connectivity index (χ1v) is 13.6. The lowest BCUT2D eigenvalue weighted by molar-refractivity contribution is -0.148. The highest BCUT2D eigenvalue weighted by Gasteiger charge is 2.32. The van der Waals surface area contributed by atoms with E-state index in [0.29, 0.717) is 30.6 Å². The smallest absolute Gasteiger partial charge is 0.314 e. The molecule has 0 unspecified atom stereocenters. The number of likely N-dealkylation sites (N-methyl/N-ethyl adjacent to an activating group) is 1. The van der Waals surface area contributed by atoms with Crippen LogP contribution < -0.4 is 4.90 Å². The largest absolute Gasteiger partial charge is 0.443 e. The van der Waals surface area contributed by atoms with Gasteiger partial charge in [0.25, 0.3) is 0 Å². The van der Waals surface area contributed by atoms with Crippen LogP contribution in [0.3, 0.4) is 0 Å². The van der Waals surface area contributed by atoms with Crippen molar-refractivity contribution in [3.8, 4) is 6.07 Å². The number of nitriles is 1. The SMILES string of the molecule is CC(C)Cc1ccc([C@H](C)C(=O)OCn2ccc3c(N(C)[C@H]4CN(C(=O)CC#N)CC[C@H]4C)ncnc32)cc1. The van der Waals surface area contributed by atoms with Gasteiger partial charge < -0.3 is 14.5 Å². The van der Waals surface area contributed by atoms with Crippen LogP contribution in [0.5, 0.6) is 0 Å². The molecule has 0 saturated carbocycles. The van der Waals surface area contributed by atoms with E-state index in [1.807, 2.05) is 44.4 Å². The van der Waals surface area contributed by atoms with Crippen molar-refractivity contribution in [2.24, 2.45) is 11.8 Å². The Kier molecular flexibility index (Phi) is 8.85. The number of hydrogen-bond acceptors (Lipinski definition) is 7. The van der Waals surface area contributed by atoms with Crippen LogP contribution in [-0.2, 0) is 27.5 Å². The minimum absolute atomic E-state index is 0.0495. The van der Waals surface area contributed by atoms with Gasteiger partial charge in [0.05, 0.1) is 23.4 Å². The Balaban J connectivity index is 1.45. The summed E-state index contributed by atoms with van der Waals surface area (Å²) in [5, 5.41) is 9.78. The van der Waals surface area contributed by atoms with E-state index in [0.717, 1.165) is 29.6 Å². The number of amides is 1. The molecule has 1 aromatic carbocycles. The van der Waals surface area contributed by atoms with E-state index in [-0.39, 0.29) is 37.0 Å². The van der Waals surface area contributed by atoms with Crippen LogP contribution in [0.15, 0.2) is 42.9 Å². The Morgan fingerprint density at radius 3 is 2.62 bits per heavy atom. The molecule has 9 heteroatoms. The number of esters is 1. The molecule has 1 amide bonds. The number of nitrogens with zero attached hydrogens (tertiary/aromatic N) is 6. The molecule has 3 atom stereocenters. The van der Waals surface area contributed by atoms with Crippen molar-refractivity contribution in [3.63, 3.8) is 0 Å². The molecule has 1 aliphatic heterocycles. The molecule has 1 fully saturated rings. The lowest BCUT2D eigenvalue weighted by Crippen LogP contribution is -2.52. The topological polar surface area (TPSA) is 104 Å². The molecule has 206 valence electrons. The molecular weight excluding hydrogens is 492 g/mol. The van der Waals surface area contributed by atoms with Crippen molar-refractivity contribution in [2.75, 3.05) is 25.0 Å². The number of fused-ring (bicyclic) bond motifs is 1. The summed E-state index contributed by atoms with van der Waals surface area (Å²) in [6.07, 6.45) is 5.13. The first-order chi connectivity index (χ1) is 18.7. The van der Waals surface area contributed by atoms with Gasteiger partial charge >= 0.3 is 5.97 Å². The summed E-state index contributed by atoms with van der Waals surface area (Å²) in [5.41, 5.74) is 2.86. The Bertz CT molecular complexity index is 1340. The van der Waals surface area contributed by atoms with Gasteiger partial charge in [-0.15, -0.1) is 0 Å². The van der Waals surface area contributed by atoms with Crippen LogP contribution in [-0.4, -0.2) is 57.5 Å². The molecule has 2 aromatic heterocycles. The standard InChI is InChI=1S/C30H38N6O3/c1-20(2)16-23-6-8-24(9-7-23)22(4)30(38)39-19-36-15-12-25-28(32-18-33-29(25)36)34(5)26-17-35(14-11-21(26)3)27(37)10-13-31/h6-9,12,15,18,20-22,26H,10-11,14,16-17,19H2,1-5H3/t21-,22+,26+/m1/s1. The maximum absolute atomic E-state index is 12.9. The summed E-state index contributed by atoms with van der Waals surface area (Å²) in [6.45, 7) is 9.67. The quantitative estimate of drug-likeness (QED) is 0.375. The van der Waals surface area contributed by atoms with Crippen LogP contribution in [0.4, 0.5) is 5.82 Å². The summed E-state index contributed by atoms with van der Waals surface area (Å²) in [4.78, 5) is 38.1. The van der Waals surface area contributed by atoms with Crippen LogP contribution in [0, 0.1) is 23.2 Å². The van der Waals surface area contributed by atoms with E-state index < -0.39 is 0 Å². The minimum Gasteiger partial charge on any atom is -0.443 e. The molecule has 0 bridgehead atoms. The number of anilines is 1. The predicted molar refractivity (Wildman–Crippen MR) is 150 cm³/mol. The lowest BCUT2D eigenvalue weighted by atomic mass is 9.92. The van der Waals surface area contributed by atoms with Crippen molar-refractivity contribution < 1.29 is 14.3 Å². The van der Waals surface area contributed by atoms with Gasteiger partial charge in [0.1, 0.15) is 24.2 Å². The number of ether oxygens (including phenoxy) is 1. The van der Waals surface area contributed by atoms with E-state index in [4.69, 9.17) is 10.00 Å². The highest BCUT2D eigenvalue weighted by atomic mass is 16.5. The summed E-state index contributed by atoms with van der Waals surface area (Å²) in [6, 6.07) is 12.1. The average Bonchev–Trinajstić information content (AvgIpc) is 3.34. The Morgan fingerprint density at radius 2 is 1.92 bits per heavy atom. The second-order valence-corrected chi connectivity index (χ2v) is 11.0. The third-order valence-electron chi connectivity index (χ3n) is 7.69. The molecule has 4 rings (SSSR count). The highest BCUT2D eigenvalue weighted by molar-refractivity contribution is 5.88. The monoisotopic (exact) mass is 530 g/mol. The molecule has 9 nitrogen and oxygen atoms in total. The minimum atomic E-state index is -0.379. The summed E-state index contributed by atoms with van der Waals surface area (Å²) >= 11 is 0. The highest BCUT2D eigenvalue weighted by Crippen LogP contribution is 2.30. The third kappa shape index (κ3) is 6.39. The number of aromatic nitrogens is 3. The van der Waals surface area contributed by atoms with Gasteiger partial charge in [-0.1, -0.05) is 45.0 Å². The zero-order valence-electron chi connectivity index (χ0n) is 23.5. The molecule has 0 aliphatic carbocycles. The maximum atomic E-state index is 12.9. The fourth-order valence-corrected chi connectivity index (χ4v) is 5.30. The molecule has 0 N–H and O–H groups in total. The van der Waals surface area contributed by atoms with Gasteiger partial charge in [-0.25, -0.2) is 9.97 Å². The van der Waals surface area contributed by atoms with Crippen molar-refractivity contribution in [3.05, 3.63) is 54.0 Å². The van der Waals surface area contributed by atoms with Crippen molar-refractivity contribution in [2.45, 2.75) is 65.6 Å². The second-order valence-electron chi connectivity index (χ2n) is 11.0. The number of rotatable bonds is 9. The molecule has 0 radical (unpaired) electrons. The molecule has 39 heavy (non-hydrogen) atoms. The van der Waals surface area contributed by atoms with Crippen molar-refractivity contribution >= 4 is 28.7 Å². The van der Waals surface area contributed by atoms with Crippen molar-refractivity contribution in [1.29, 1.82) is 5.26 Å². The molecule has 1 saturated heterocycles. The zero-order valence-corrected chi connectivity index (χ0v) is 23.5. The van der Waals surface area contributed by atoms with Crippen LogP contribution in [0.1, 0.15) is 57.6 Å². The second kappa shape index (κ2) is 12.3. The van der Waals surface area contributed by atoms with Gasteiger partial charge in [-0.05, 0) is 48.8 Å². The number of carbonyl (C=O) groups is 2. The molecular formula is C30H38N6O3. The third-order valence-corrected chi connectivity index (χ3v) is 7.69. The van der Waals surface area contributed by atoms with Crippen molar-refractivity contribution in [1.82, 2.24) is 19.4 Å². The van der Waals surface area contributed by atoms with Crippen LogP contribution in [0.25, 0.3) is 11.0 Å². The number of piperidine rings is 1. The Hall–Kier alpha value is -3.93. The van der Waals surface area contributed by atoms with Gasteiger partial charge in [0.15, 0.2) is 6.73 Å². The van der Waals surface area contributed by atoms with Crippen LogP contribution in [0.2, 0.25) is 0 Å². The normalized spacial score (nSPS) is 18.1. The average molecular weight is 531 g/mol. The first-order valence-electron chi connectivity index (χ1n) is 13.6. The molecule has 3 heterocycles. The Morgan fingerprint density at radius 1 is 1.18 bits per heavy atom.